The van der Waals surface area contributed by atoms with Gasteiger partial charge in [0.15, 0.2) is 0 Å². The van der Waals surface area contributed by atoms with Crippen molar-refractivity contribution in [3.8, 4) is 0 Å². The van der Waals surface area contributed by atoms with E-state index < -0.39 is 0 Å². The van der Waals surface area contributed by atoms with Crippen LogP contribution in [0, 0.1) is 0 Å². The van der Waals surface area contributed by atoms with Crippen LogP contribution in [0.3, 0.4) is 0 Å². The monoisotopic (exact) mass is 573 g/mol. The molecule has 3 aromatic rings. The van der Waals surface area contributed by atoms with Crippen LogP contribution >= 0.6 is 63.7 Å². The Kier molecular flexibility index (Phi) is 4.62. The molecule has 1 aromatic heterocycles. The maximum Gasteiger partial charge on any atom is 0.205 e. The van der Waals surface area contributed by atoms with Crippen molar-refractivity contribution >= 4 is 92.5 Å². The van der Waals surface area contributed by atoms with E-state index >= 15 is 0 Å². The number of hydrogen-bond donors (Lipinski definition) is 2. The molecular weight excluding hydrogens is 566 g/mol. The third-order valence-electron chi connectivity index (χ3n) is 4.00. The lowest BCUT2D eigenvalue weighted by Gasteiger charge is -2.12. The Morgan fingerprint density at radius 1 is 1.00 bits per heavy atom. The maximum atomic E-state index is 4.67. The quantitative estimate of drug-likeness (QED) is 0.248. The van der Waals surface area contributed by atoms with E-state index in [0.29, 0.717) is 5.95 Å². The van der Waals surface area contributed by atoms with Crippen LogP contribution in [0.1, 0.15) is 17.5 Å². The van der Waals surface area contributed by atoms with Crippen LogP contribution in [0.25, 0.3) is 17.1 Å². The Morgan fingerprint density at radius 3 is 2.62 bits per heavy atom. The minimum Gasteiger partial charge on any atom is -0.326 e. The molecule has 0 unspecified atom stereocenters. The maximum absolute atomic E-state index is 4.67. The summed E-state index contributed by atoms with van der Waals surface area (Å²) in [4.78, 5) is 8.00. The first-order valence-corrected chi connectivity index (χ1v) is 10.5. The van der Waals surface area contributed by atoms with Crippen LogP contribution in [0.15, 0.2) is 42.2 Å². The second-order valence-electron chi connectivity index (χ2n) is 5.54. The van der Waals surface area contributed by atoms with Crippen molar-refractivity contribution in [1.29, 1.82) is 0 Å². The molecule has 122 valence electrons. The van der Waals surface area contributed by atoms with Crippen molar-refractivity contribution < 1.29 is 0 Å². The average molecular weight is 577 g/mol. The largest absolute Gasteiger partial charge is 0.326 e. The number of fused-ring (bicyclic) bond motifs is 2. The number of H-pyrrole nitrogens is 1. The van der Waals surface area contributed by atoms with E-state index in [0.717, 1.165) is 47.5 Å². The van der Waals surface area contributed by atoms with Gasteiger partial charge >= 0.3 is 0 Å². The molecule has 0 bridgehead atoms. The number of imidazole rings is 1. The number of hydrogen-bond acceptors (Lipinski definition) is 2. The van der Waals surface area contributed by atoms with E-state index in [9.17, 15) is 0 Å². The van der Waals surface area contributed by atoms with Crippen molar-refractivity contribution in [3.63, 3.8) is 0 Å². The summed E-state index contributed by atoms with van der Waals surface area (Å²) in [6.45, 7) is 0. The molecule has 2 N–H and O–H groups in total. The number of nitrogens with one attached hydrogen (secondary N) is 2. The molecule has 3 nitrogen and oxygen atoms in total. The Bertz CT molecular complexity index is 946. The number of nitrogens with zero attached hydrogens (tertiary/aromatic N) is 1. The summed E-state index contributed by atoms with van der Waals surface area (Å²) in [7, 11) is 0. The van der Waals surface area contributed by atoms with Gasteiger partial charge in [0, 0.05) is 14.6 Å². The fourth-order valence-corrected chi connectivity index (χ4v) is 5.08. The van der Waals surface area contributed by atoms with Crippen LogP contribution in [-0.2, 0) is 6.42 Å². The molecule has 1 aliphatic rings. The summed E-state index contributed by atoms with van der Waals surface area (Å²) in [6, 6.07) is 6.44. The number of aryl methyl sites for hydroxylation is 1. The molecule has 0 radical (unpaired) electrons. The predicted octanol–water partition coefficient (Wildman–Crippen LogP) is 7.32. The molecule has 0 saturated heterocycles. The van der Waals surface area contributed by atoms with Crippen LogP contribution in [0.5, 0.6) is 0 Å². The van der Waals surface area contributed by atoms with Gasteiger partial charge in [0.05, 0.1) is 14.5 Å². The van der Waals surface area contributed by atoms with E-state index in [1.54, 1.807) is 0 Å². The standard InChI is InChI=1S/C17H11Br4N3/c18-11-12(19)14(21)16-15(13(11)20)23-17(24-16)22-10-6-5-8-3-1-2-4-9(8)7-10/h2,4-7H,1,3H2,(H2,22,23,24). The molecule has 2 aromatic carbocycles. The van der Waals surface area contributed by atoms with Crippen molar-refractivity contribution in [3.05, 3.63) is 53.3 Å². The van der Waals surface area contributed by atoms with Crippen molar-refractivity contribution in [1.82, 2.24) is 9.97 Å². The lowest BCUT2D eigenvalue weighted by atomic mass is 9.97. The van der Waals surface area contributed by atoms with E-state index in [4.69, 9.17) is 0 Å². The number of halogens is 4. The van der Waals surface area contributed by atoms with Crippen LogP contribution in [0.4, 0.5) is 11.6 Å². The highest BCUT2D eigenvalue weighted by Crippen LogP contribution is 2.43. The van der Waals surface area contributed by atoms with Gasteiger partial charge in [-0.25, -0.2) is 4.98 Å². The number of aromatic nitrogens is 2. The van der Waals surface area contributed by atoms with Gasteiger partial charge in [0.25, 0.3) is 0 Å². The second kappa shape index (κ2) is 6.59. The van der Waals surface area contributed by atoms with Gasteiger partial charge in [0.2, 0.25) is 5.95 Å². The molecule has 0 aliphatic heterocycles. The summed E-state index contributed by atoms with van der Waals surface area (Å²) in [6.07, 6.45) is 6.63. The zero-order chi connectivity index (χ0) is 16.8. The summed E-state index contributed by atoms with van der Waals surface area (Å²) >= 11 is 14.3. The third kappa shape index (κ3) is 2.89. The molecule has 7 heteroatoms. The number of aromatic amines is 1. The first-order valence-electron chi connectivity index (χ1n) is 7.32. The third-order valence-corrected chi connectivity index (χ3v) is 8.74. The first-order chi connectivity index (χ1) is 11.5. The molecule has 1 heterocycles. The van der Waals surface area contributed by atoms with Crippen LogP contribution < -0.4 is 5.32 Å². The molecular formula is C17H11Br4N3. The topological polar surface area (TPSA) is 40.7 Å². The highest BCUT2D eigenvalue weighted by Gasteiger charge is 2.17. The lowest BCUT2D eigenvalue weighted by molar-refractivity contribution is 0.986. The zero-order valence-corrected chi connectivity index (χ0v) is 18.6. The SMILES string of the molecule is Brc1c(Br)c(Br)c2[nH]c(Nc3ccc4c(c3)C=CCC4)nc2c1Br. The van der Waals surface area contributed by atoms with E-state index in [-0.39, 0.29) is 0 Å². The van der Waals surface area contributed by atoms with Gasteiger partial charge in [-0.15, -0.1) is 0 Å². The highest BCUT2D eigenvalue weighted by molar-refractivity contribution is 9.15. The Morgan fingerprint density at radius 2 is 1.79 bits per heavy atom. The lowest BCUT2D eigenvalue weighted by Crippen LogP contribution is -1.97. The summed E-state index contributed by atoms with van der Waals surface area (Å²) in [5.41, 5.74) is 5.47. The molecule has 0 fully saturated rings. The second-order valence-corrected chi connectivity index (χ2v) is 8.72. The number of benzene rings is 2. The fraction of sp³-hybridized carbons (Fsp3) is 0.118. The normalized spacial score (nSPS) is 13.3. The van der Waals surface area contributed by atoms with Gasteiger partial charge in [-0.1, -0.05) is 18.2 Å². The van der Waals surface area contributed by atoms with Gasteiger partial charge in [-0.05, 0) is 99.8 Å². The predicted molar refractivity (Wildman–Crippen MR) is 114 cm³/mol. The molecule has 0 atom stereocenters. The molecule has 1 aliphatic carbocycles. The minimum absolute atomic E-state index is 0.705. The van der Waals surface area contributed by atoms with Gasteiger partial charge in [0.1, 0.15) is 5.52 Å². The molecule has 4 rings (SSSR count). The highest BCUT2D eigenvalue weighted by atomic mass is 79.9. The van der Waals surface area contributed by atoms with Crippen LogP contribution in [-0.4, -0.2) is 9.97 Å². The Labute approximate surface area is 172 Å². The smallest absolute Gasteiger partial charge is 0.205 e. The summed E-state index contributed by atoms with van der Waals surface area (Å²) in [5.74, 6) is 0.705. The summed E-state index contributed by atoms with van der Waals surface area (Å²) in [5, 5.41) is 3.36. The minimum atomic E-state index is 0.705. The van der Waals surface area contributed by atoms with E-state index in [1.807, 2.05) is 0 Å². The molecule has 24 heavy (non-hydrogen) atoms. The van der Waals surface area contributed by atoms with E-state index in [1.165, 1.54) is 11.1 Å². The molecule has 0 amide bonds. The van der Waals surface area contributed by atoms with Crippen LogP contribution in [0.2, 0.25) is 0 Å². The number of rotatable bonds is 2. The number of anilines is 2. The van der Waals surface area contributed by atoms with Gasteiger partial charge in [-0.3, -0.25) is 0 Å². The molecule has 0 saturated carbocycles. The average Bonchev–Trinajstić information content (AvgIpc) is 3.02. The van der Waals surface area contributed by atoms with Gasteiger partial charge in [-0.2, -0.15) is 0 Å². The first kappa shape index (κ1) is 16.8. The van der Waals surface area contributed by atoms with E-state index in [2.05, 4.69) is 109 Å². The molecule has 0 spiro atoms. The van der Waals surface area contributed by atoms with Gasteiger partial charge < -0.3 is 10.3 Å². The van der Waals surface area contributed by atoms with Crippen molar-refractivity contribution in [2.45, 2.75) is 12.8 Å². The summed E-state index contributed by atoms with van der Waals surface area (Å²) < 4.78 is 3.71. The van der Waals surface area contributed by atoms with Crippen molar-refractivity contribution in [2.75, 3.05) is 5.32 Å². The fourth-order valence-electron chi connectivity index (χ4n) is 2.80. The van der Waals surface area contributed by atoms with Crippen molar-refractivity contribution in [2.24, 2.45) is 0 Å². The zero-order valence-electron chi connectivity index (χ0n) is 12.3. The Hall–Kier alpha value is -0.630. The number of allylic oxidation sites excluding steroid dienone is 1. The Balaban J connectivity index is 1.75.